The minimum Gasteiger partial charge on any atom is -0.507 e. The van der Waals surface area contributed by atoms with Crippen LogP contribution in [0.4, 0.5) is 5.69 Å². The number of hydrogen-bond acceptors (Lipinski definition) is 6. The summed E-state index contributed by atoms with van der Waals surface area (Å²) >= 11 is 0. The van der Waals surface area contributed by atoms with Crippen molar-refractivity contribution in [1.82, 2.24) is 0 Å². The van der Waals surface area contributed by atoms with Gasteiger partial charge in [0.05, 0.1) is 18.7 Å². The van der Waals surface area contributed by atoms with Gasteiger partial charge in [-0.15, -0.1) is 0 Å². The van der Waals surface area contributed by atoms with Crippen LogP contribution in [0.1, 0.15) is 28.2 Å². The number of methoxy groups -OCH3 is 1. The fourth-order valence-corrected chi connectivity index (χ4v) is 3.61. The molecular weight excluding hydrogens is 390 g/mol. The fourth-order valence-electron chi connectivity index (χ4n) is 3.61. The first-order chi connectivity index (χ1) is 15.0. The SMILES string of the molecule is COc1ccccc1[C@@H]1C(C#N)=C(N)Oc2cc(O)c(C=Nc3ccc(C)cc3)cc21. The molecule has 0 amide bonds. The maximum absolute atomic E-state index is 10.5. The molecule has 31 heavy (non-hydrogen) atoms. The Kier molecular flexibility index (Phi) is 5.33. The summed E-state index contributed by atoms with van der Waals surface area (Å²) < 4.78 is 11.2. The molecule has 6 nitrogen and oxygen atoms in total. The lowest BCUT2D eigenvalue weighted by atomic mass is 9.82. The highest BCUT2D eigenvalue weighted by Crippen LogP contribution is 2.46. The van der Waals surface area contributed by atoms with Gasteiger partial charge in [0.25, 0.3) is 0 Å². The van der Waals surface area contributed by atoms with Gasteiger partial charge in [-0.2, -0.15) is 5.26 Å². The number of phenolic OH excluding ortho intramolecular Hbond substituents is 1. The monoisotopic (exact) mass is 411 g/mol. The number of phenols is 1. The molecule has 3 aromatic rings. The summed E-state index contributed by atoms with van der Waals surface area (Å²) in [6, 6.07) is 20.6. The Labute approximate surface area is 180 Å². The summed E-state index contributed by atoms with van der Waals surface area (Å²) in [4.78, 5) is 4.46. The van der Waals surface area contributed by atoms with Gasteiger partial charge in [-0.3, -0.25) is 4.99 Å². The summed E-state index contributed by atoms with van der Waals surface area (Å²) in [5, 5.41) is 20.3. The van der Waals surface area contributed by atoms with E-state index in [4.69, 9.17) is 15.2 Å². The van der Waals surface area contributed by atoms with Crippen molar-refractivity contribution in [2.45, 2.75) is 12.8 Å². The average molecular weight is 411 g/mol. The Morgan fingerprint density at radius 2 is 1.87 bits per heavy atom. The van der Waals surface area contributed by atoms with Gasteiger partial charge >= 0.3 is 0 Å². The second-order valence-corrected chi connectivity index (χ2v) is 7.21. The number of nitriles is 1. The van der Waals surface area contributed by atoms with Crippen molar-refractivity contribution in [2.24, 2.45) is 10.7 Å². The molecule has 0 saturated heterocycles. The zero-order valence-electron chi connectivity index (χ0n) is 17.2. The van der Waals surface area contributed by atoms with Crippen LogP contribution in [-0.2, 0) is 0 Å². The minimum atomic E-state index is -0.503. The summed E-state index contributed by atoms with van der Waals surface area (Å²) in [5.41, 5.74) is 10.2. The van der Waals surface area contributed by atoms with Crippen molar-refractivity contribution >= 4 is 11.9 Å². The molecule has 1 aliphatic heterocycles. The van der Waals surface area contributed by atoms with Crippen molar-refractivity contribution in [3.63, 3.8) is 0 Å². The highest BCUT2D eigenvalue weighted by Gasteiger charge is 2.33. The van der Waals surface area contributed by atoms with E-state index in [-0.39, 0.29) is 17.2 Å². The van der Waals surface area contributed by atoms with E-state index in [1.165, 1.54) is 6.07 Å². The molecule has 1 aliphatic rings. The maximum Gasteiger partial charge on any atom is 0.205 e. The summed E-state index contributed by atoms with van der Waals surface area (Å²) in [7, 11) is 1.58. The number of aliphatic imine (C=N–C) groups is 1. The predicted octanol–water partition coefficient (Wildman–Crippen LogP) is 4.68. The molecule has 0 aliphatic carbocycles. The number of ether oxygens (including phenoxy) is 2. The molecule has 154 valence electrons. The summed E-state index contributed by atoms with van der Waals surface area (Å²) in [5.74, 6) is 0.520. The normalized spacial score (nSPS) is 15.3. The van der Waals surface area contributed by atoms with Crippen LogP contribution in [0.3, 0.4) is 0 Å². The standard InChI is InChI=1S/C25H21N3O3/c1-15-7-9-17(10-8-15)28-14-16-11-19-23(12-21(16)29)31-25(27)20(13-26)24(19)18-5-3-4-6-22(18)30-2/h3-12,14,24,29H,27H2,1-2H3/t24-/m0/s1. The van der Waals surface area contributed by atoms with Crippen molar-refractivity contribution < 1.29 is 14.6 Å². The van der Waals surface area contributed by atoms with Gasteiger partial charge in [-0.05, 0) is 31.2 Å². The summed E-state index contributed by atoms with van der Waals surface area (Å²) in [6.45, 7) is 2.01. The number of benzene rings is 3. The van der Waals surface area contributed by atoms with E-state index in [1.54, 1.807) is 19.4 Å². The molecule has 3 aromatic carbocycles. The number of fused-ring (bicyclic) bond motifs is 1. The van der Waals surface area contributed by atoms with Gasteiger partial charge in [0.15, 0.2) is 0 Å². The quantitative estimate of drug-likeness (QED) is 0.607. The van der Waals surface area contributed by atoms with Gasteiger partial charge in [-0.25, -0.2) is 0 Å². The molecule has 3 N–H and O–H groups in total. The second-order valence-electron chi connectivity index (χ2n) is 7.21. The van der Waals surface area contributed by atoms with Gasteiger partial charge in [0.1, 0.15) is 28.9 Å². The van der Waals surface area contributed by atoms with E-state index in [0.717, 1.165) is 16.8 Å². The molecule has 0 aromatic heterocycles. The van der Waals surface area contributed by atoms with Crippen molar-refractivity contribution in [3.8, 4) is 23.3 Å². The fraction of sp³-hybridized carbons (Fsp3) is 0.120. The highest BCUT2D eigenvalue weighted by molar-refractivity contribution is 5.86. The third kappa shape index (κ3) is 3.81. The smallest absolute Gasteiger partial charge is 0.205 e. The molecule has 0 spiro atoms. The molecule has 1 atom stereocenters. The van der Waals surface area contributed by atoms with Crippen molar-refractivity contribution in [1.29, 1.82) is 5.26 Å². The van der Waals surface area contributed by atoms with Crippen LogP contribution in [0.25, 0.3) is 0 Å². The third-order valence-corrected chi connectivity index (χ3v) is 5.20. The Balaban J connectivity index is 1.84. The molecule has 6 heteroatoms. The number of para-hydroxylation sites is 1. The molecule has 4 rings (SSSR count). The third-order valence-electron chi connectivity index (χ3n) is 5.20. The van der Waals surface area contributed by atoms with Crippen LogP contribution in [0.15, 0.2) is 77.1 Å². The minimum absolute atomic E-state index is 0.00148. The Hall–Kier alpha value is -4.24. The van der Waals surface area contributed by atoms with Crippen molar-refractivity contribution in [2.75, 3.05) is 7.11 Å². The Morgan fingerprint density at radius 3 is 2.58 bits per heavy atom. The van der Waals surface area contributed by atoms with Gasteiger partial charge in [0.2, 0.25) is 5.88 Å². The van der Waals surface area contributed by atoms with Crippen LogP contribution in [0.5, 0.6) is 17.2 Å². The molecule has 0 saturated carbocycles. The van der Waals surface area contributed by atoms with E-state index in [0.29, 0.717) is 22.6 Å². The summed E-state index contributed by atoms with van der Waals surface area (Å²) in [6.07, 6.45) is 1.59. The average Bonchev–Trinajstić information content (AvgIpc) is 2.78. The number of hydrogen-bond donors (Lipinski definition) is 2. The van der Waals surface area contributed by atoms with Gasteiger partial charge in [0, 0.05) is 29.0 Å². The van der Waals surface area contributed by atoms with Crippen molar-refractivity contribution in [3.05, 3.63) is 94.4 Å². The van der Waals surface area contributed by atoms with Crippen LogP contribution >= 0.6 is 0 Å². The first-order valence-electron chi connectivity index (χ1n) is 9.70. The molecule has 1 heterocycles. The molecular formula is C25H21N3O3. The highest BCUT2D eigenvalue weighted by atomic mass is 16.5. The number of allylic oxidation sites excluding steroid dienone is 1. The van der Waals surface area contributed by atoms with Crippen LogP contribution < -0.4 is 15.2 Å². The first-order valence-corrected chi connectivity index (χ1v) is 9.70. The number of rotatable bonds is 4. The second kappa shape index (κ2) is 8.25. The Bertz CT molecular complexity index is 1240. The number of aromatic hydroxyl groups is 1. The lowest BCUT2D eigenvalue weighted by Crippen LogP contribution is -2.21. The van der Waals surface area contributed by atoms with E-state index >= 15 is 0 Å². The van der Waals surface area contributed by atoms with Crippen LogP contribution in [0.2, 0.25) is 0 Å². The van der Waals surface area contributed by atoms with Gasteiger partial charge < -0.3 is 20.3 Å². The first kappa shape index (κ1) is 20.0. The molecule has 0 radical (unpaired) electrons. The number of aryl methyl sites for hydroxylation is 1. The lowest BCUT2D eigenvalue weighted by Gasteiger charge is -2.28. The molecule has 0 fully saturated rings. The zero-order chi connectivity index (χ0) is 22.0. The van der Waals surface area contributed by atoms with E-state index in [1.807, 2.05) is 55.5 Å². The number of nitrogens with zero attached hydrogens (tertiary/aromatic N) is 2. The topological polar surface area (TPSA) is 101 Å². The maximum atomic E-state index is 10.5. The van der Waals surface area contributed by atoms with E-state index < -0.39 is 5.92 Å². The molecule has 0 bridgehead atoms. The van der Waals surface area contributed by atoms with E-state index in [9.17, 15) is 10.4 Å². The lowest BCUT2D eigenvalue weighted by molar-refractivity contribution is 0.382. The Morgan fingerprint density at radius 1 is 1.13 bits per heavy atom. The largest absolute Gasteiger partial charge is 0.507 e. The predicted molar refractivity (Wildman–Crippen MR) is 119 cm³/mol. The number of nitrogens with two attached hydrogens (primary N) is 1. The van der Waals surface area contributed by atoms with Crippen LogP contribution in [-0.4, -0.2) is 18.4 Å². The van der Waals surface area contributed by atoms with Gasteiger partial charge in [-0.1, -0.05) is 35.9 Å². The van der Waals surface area contributed by atoms with E-state index in [2.05, 4.69) is 11.1 Å². The van der Waals surface area contributed by atoms with Crippen LogP contribution in [0, 0.1) is 18.3 Å². The molecule has 0 unspecified atom stereocenters. The zero-order valence-corrected chi connectivity index (χ0v) is 17.2.